The molecular formula is C14H26N2OS. The lowest BCUT2D eigenvalue weighted by Gasteiger charge is -2.46. The lowest BCUT2D eigenvalue weighted by atomic mass is 9.90. The van der Waals surface area contributed by atoms with Crippen LogP contribution in [0.3, 0.4) is 0 Å². The smallest absolute Gasteiger partial charge is 0.242 e. The average molecular weight is 270 g/mol. The van der Waals surface area contributed by atoms with Gasteiger partial charge in [-0.05, 0) is 26.2 Å². The van der Waals surface area contributed by atoms with Gasteiger partial charge in [0.2, 0.25) is 5.91 Å². The molecule has 0 aromatic rings. The van der Waals surface area contributed by atoms with Gasteiger partial charge in [0.05, 0.1) is 5.54 Å². The van der Waals surface area contributed by atoms with Crippen molar-refractivity contribution in [3.05, 3.63) is 0 Å². The molecule has 0 bridgehead atoms. The number of carbonyl (C=O) groups is 1. The van der Waals surface area contributed by atoms with Crippen LogP contribution in [0.15, 0.2) is 0 Å². The summed E-state index contributed by atoms with van der Waals surface area (Å²) in [7, 11) is 0. The maximum atomic E-state index is 12.7. The highest BCUT2D eigenvalue weighted by atomic mass is 32.2. The van der Waals surface area contributed by atoms with Crippen LogP contribution in [-0.4, -0.2) is 39.9 Å². The molecule has 2 fully saturated rings. The van der Waals surface area contributed by atoms with Gasteiger partial charge >= 0.3 is 0 Å². The lowest BCUT2D eigenvalue weighted by Crippen LogP contribution is -2.60. The highest BCUT2D eigenvalue weighted by Crippen LogP contribution is 2.36. The van der Waals surface area contributed by atoms with Gasteiger partial charge in [-0.25, -0.2) is 0 Å². The number of nitrogens with zero attached hydrogens (tertiary/aromatic N) is 1. The van der Waals surface area contributed by atoms with Gasteiger partial charge in [0.25, 0.3) is 0 Å². The van der Waals surface area contributed by atoms with E-state index in [9.17, 15) is 4.79 Å². The molecule has 1 saturated heterocycles. The Balaban J connectivity index is 2.08. The summed E-state index contributed by atoms with van der Waals surface area (Å²) in [6.45, 7) is 4.88. The van der Waals surface area contributed by atoms with Crippen LogP contribution < -0.4 is 5.73 Å². The van der Waals surface area contributed by atoms with E-state index in [1.807, 2.05) is 6.92 Å². The second-order valence-corrected chi connectivity index (χ2v) is 7.27. The summed E-state index contributed by atoms with van der Waals surface area (Å²) in [4.78, 5) is 14.8. The van der Waals surface area contributed by atoms with Crippen LogP contribution in [0.25, 0.3) is 0 Å². The number of thioether (sulfide) groups is 1. The Hall–Kier alpha value is -0.220. The summed E-state index contributed by atoms with van der Waals surface area (Å²) in [5, 5.41) is 0.661. The van der Waals surface area contributed by atoms with Crippen LogP contribution in [0.2, 0.25) is 0 Å². The molecule has 3 nitrogen and oxygen atoms in total. The number of carbonyl (C=O) groups excluding carboxylic acids is 1. The van der Waals surface area contributed by atoms with Crippen molar-refractivity contribution in [3.63, 3.8) is 0 Å². The van der Waals surface area contributed by atoms with E-state index in [-0.39, 0.29) is 5.91 Å². The van der Waals surface area contributed by atoms with E-state index in [0.29, 0.717) is 11.3 Å². The monoisotopic (exact) mass is 270 g/mol. The fourth-order valence-electron chi connectivity index (χ4n) is 3.30. The fraction of sp³-hybridized carbons (Fsp3) is 0.929. The molecule has 3 unspecified atom stereocenters. The summed E-state index contributed by atoms with van der Waals surface area (Å²) in [5.41, 5.74) is 5.56. The van der Waals surface area contributed by atoms with E-state index in [4.69, 9.17) is 5.73 Å². The van der Waals surface area contributed by atoms with Gasteiger partial charge in [-0.1, -0.05) is 26.2 Å². The van der Waals surface area contributed by atoms with Crippen molar-refractivity contribution in [2.24, 2.45) is 5.73 Å². The van der Waals surface area contributed by atoms with E-state index in [0.717, 1.165) is 25.1 Å². The highest BCUT2D eigenvalue weighted by molar-refractivity contribution is 8.00. The summed E-state index contributed by atoms with van der Waals surface area (Å²) in [5.74, 6) is 1.26. The van der Waals surface area contributed by atoms with E-state index in [1.165, 1.54) is 25.7 Å². The van der Waals surface area contributed by atoms with Crippen LogP contribution in [-0.2, 0) is 4.79 Å². The van der Waals surface area contributed by atoms with Crippen molar-refractivity contribution in [2.75, 3.05) is 12.3 Å². The zero-order valence-electron chi connectivity index (χ0n) is 11.7. The lowest BCUT2D eigenvalue weighted by molar-refractivity contribution is -0.139. The Kier molecular flexibility index (Phi) is 4.59. The standard InChI is InChI=1S/C14H26N2OS/c1-3-8-14(2,15)13(17)16-9-10-18-12-7-5-4-6-11(12)16/h11-12H,3-10,15H2,1-2H3. The molecule has 0 radical (unpaired) electrons. The summed E-state index contributed by atoms with van der Waals surface area (Å²) in [6, 6.07) is 0.449. The molecular weight excluding hydrogens is 244 g/mol. The number of hydrogen-bond donors (Lipinski definition) is 1. The number of hydrogen-bond acceptors (Lipinski definition) is 3. The van der Waals surface area contributed by atoms with Crippen molar-refractivity contribution in [3.8, 4) is 0 Å². The van der Waals surface area contributed by atoms with Gasteiger partial charge in [-0.15, -0.1) is 0 Å². The van der Waals surface area contributed by atoms with Crippen molar-refractivity contribution >= 4 is 17.7 Å². The normalized spacial score (nSPS) is 31.6. The second kappa shape index (κ2) is 5.83. The summed E-state index contributed by atoms with van der Waals surface area (Å²) >= 11 is 2.06. The first-order chi connectivity index (χ1) is 8.56. The zero-order valence-corrected chi connectivity index (χ0v) is 12.5. The van der Waals surface area contributed by atoms with Crippen LogP contribution in [0.1, 0.15) is 52.4 Å². The third kappa shape index (κ3) is 2.85. The Labute approximate surface area is 115 Å². The van der Waals surface area contributed by atoms with E-state index < -0.39 is 5.54 Å². The van der Waals surface area contributed by atoms with Gasteiger partial charge in [0, 0.05) is 23.6 Å². The minimum atomic E-state index is -0.668. The molecule has 1 saturated carbocycles. The Morgan fingerprint density at radius 3 is 2.89 bits per heavy atom. The molecule has 1 amide bonds. The first kappa shape index (κ1) is 14.2. The maximum Gasteiger partial charge on any atom is 0.242 e. The molecule has 2 N–H and O–H groups in total. The molecule has 0 aromatic heterocycles. The topological polar surface area (TPSA) is 46.3 Å². The van der Waals surface area contributed by atoms with Crippen molar-refractivity contribution in [1.82, 2.24) is 4.90 Å². The van der Waals surface area contributed by atoms with Gasteiger partial charge in [-0.3, -0.25) is 4.79 Å². The first-order valence-corrected chi connectivity index (χ1v) is 8.32. The van der Waals surface area contributed by atoms with Crippen molar-refractivity contribution < 1.29 is 4.79 Å². The van der Waals surface area contributed by atoms with Crippen LogP contribution in [0.4, 0.5) is 0 Å². The highest BCUT2D eigenvalue weighted by Gasteiger charge is 2.41. The fourth-order valence-corrected chi connectivity index (χ4v) is 4.75. The predicted octanol–water partition coefficient (Wildman–Crippen LogP) is 2.39. The Bertz CT molecular complexity index is 304. The average Bonchev–Trinajstić information content (AvgIpc) is 2.37. The maximum absolute atomic E-state index is 12.7. The third-order valence-electron chi connectivity index (χ3n) is 4.25. The molecule has 3 atom stereocenters. The zero-order chi connectivity index (χ0) is 13.2. The Morgan fingerprint density at radius 2 is 2.17 bits per heavy atom. The molecule has 2 rings (SSSR count). The number of amides is 1. The molecule has 18 heavy (non-hydrogen) atoms. The van der Waals surface area contributed by atoms with Crippen molar-refractivity contribution in [2.45, 2.75) is 69.2 Å². The minimum absolute atomic E-state index is 0.182. The van der Waals surface area contributed by atoms with Gasteiger partial charge in [0.1, 0.15) is 0 Å². The van der Waals surface area contributed by atoms with Crippen molar-refractivity contribution in [1.29, 1.82) is 0 Å². The van der Waals surface area contributed by atoms with Gasteiger partial charge in [0.15, 0.2) is 0 Å². The predicted molar refractivity (Wildman–Crippen MR) is 77.7 cm³/mol. The molecule has 0 aromatic carbocycles. The van der Waals surface area contributed by atoms with Crippen LogP contribution >= 0.6 is 11.8 Å². The van der Waals surface area contributed by atoms with Crippen LogP contribution in [0.5, 0.6) is 0 Å². The molecule has 1 aliphatic carbocycles. The van der Waals surface area contributed by atoms with E-state index >= 15 is 0 Å². The quantitative estimate of drug-likeness (QED) is 0.856. The first-order valence-electron chi connectivity index (χ1n) is 7.28. The van der Waals surface area contributed by atoms with Gasteiger partial charge < -0.3 is 10.6 Å². The molecule has 0 spiro atoms. The Morgan fingerprint density at radius 1 is 1.44 bits per heavy atom. The summed E-state index contributed by atoms with van der Waals surface area (Å²) in [6.07, 6.45) is 6.79. The van der Waals surface area contributed by atoms with E-state index in [2.05, 4.69) is 23.6 Å². The summed E-state index contributed by atoms with van der Waals surface area (Å²) < 4.78 is 0. The van der Waals surface area contributed by atoms with E-state index in [1.54, 1.807) is 0 Å². The second-order valence-electron chi connectivity index (χ2n) is 5.93. The number of nitrogens with two attached hydrogens (primary N) is 1. The SMILES string of the molecule is CCCC(C)(N)C(=O)N1CCSC2CCCCC21. The largest absolute Gasteiger partial charge is 0.336 e. The number of rotatable bonds is 3. The van der Waals surface area contributed by atoms with Gasteiger partial charge in [-0.2, -0.15) is 11.8 Å². The molecule has 1 aliphatic heterocycles. The molecule has 2 aliphatic rings. The third-order valence-corrected chi connectivity index (χ3v) is 5.65. The minimum Gasteiger partial charge on any atom is -0.336 e. The van der Waals surface area contributed by atoms with Crippen LogP contribution in [0, 0.1) is 0 Å². The molecule has 4 heteroatoms. The number of fused-ring (bicyclic) bond motifs is 1. The molecule has 1 heterocycles. The molecule has 104 valence electrons.